The molecule has 1 amide bonds. The molecule has 0 N–H and O–H groups in total. The lowest BCUT2D eigenvalue weighted by Gasteiger charge is -2.30. The van der Waals surface area contributed by atoms with E-state index in [2.05, 4.69) is 5.10 Å². The van der Waals surface area contributed by atoms with Crippen LogP contribution < -0.4 is 4.74 Å². The summed E-state index contributed by atoms with van der Waals surface area (Å²) >= 11 is 0. The molecule has 1 atom stereocenters. The molecule has 0 radical (unpaired) electrons. The quantitative estimate of drug-likeness (QED) is 0.596. The van der Waals surface area contributed by atoms with Gasteiger partial charge in [0.1, 0.15) is 5.75 Å². The third-order valence-corrected chi connectivity index (χ3v) is 4.27. The van der Waals surface area contributed by atoms with Crippen LogP contribution in [0.2, 0.25) is 0 Å². The highest BCUT2D eigenvalue weighted by Crippen LogP contribution is 2.31. The van der Waals surface area contributed by atoms with E-state index in [4.69, 9.17) is 9.47 Å². The summed E-state index contributed by atoms with van der Waals surface area (Å²) in [4.78, 5) is 22.4. The Labute approximate surface area is 156 Å². The minimum Gasteiger partial charge on any atom is -0.497 e. The molecule has 0 saturated heterocycles. The van der Waals surface area contributed by atoms with Crippen LogP contribution in [0.1, 0.15) is 25.0 Å². The predicted octanol–water partition coefficient (Wildman–Crippen LogP) is 3.10. The molecule has 2 aromatic rings. The van der Waals surface area contributed by atoms with Crippen molar-refractivity contribution in [1.82, 2.24) is 5.01 Å². The average molecular weight is 369 g/mol. The van der Waals surface area contributed by atoms with Crippen molar-refractivity contribution in [2.24, 2.45) is 5.10 Å². The lowest BCUT2D eigenvalue weighted by molar-refractivity contribution is -0.384. The predicted molar refractivity (Wildman–Crippen MR) is 98.3 cm³/mol. The molecule has 0 aromatic heterocycles. The van der Waals surface area contributed by atoms with Crippen molar-refractivity contribution >= 4 is 17.5 Å². The van der Waals surface area contributed by atoms with Gasteiger partial charge in [0.2, 0.25) is 17.5 Å². The zero-order chi connectivity index (χ0) is 19.6. The van der Waals surface area contributed by atoms with Crippen LogP contribution in [0, 0.1) is 10.1 Å². The first-order valence-electron chi connectivity index (χ1n) is 8.28. The summed E-state index contributed by atoms with van der Waals surface area (Å²) in [6, 6.07) is 13.3. The van der Waals surface area contributed by atoms with E-state index in [1.54, 1.807) is 26.2 Å². The number of hydrogen-bond donors (Lipinski definition) is 0. The van der Waals surface area contributed by atoms with Gasteiger partial charge in [0.25, 0.3) is 5.69 Å². The molecule has 2 aromatic carbocycles. The molecule has 27 heavy (non-hydrogen) atoms. The van der Waals surface area contributed by atoms with E-state index in [-0.39, 0.29) is 17.5 Å². The first kappa shape index (κ1) is 18.4. The number of nitro groups is 1. The van der Waals surface area contributed by atoms with Gasteiger partial charge in [-0.2, -0.15) is 5.01 Å². The zero-order valence-electron chi connectivity index (χ0n) is 15.2. The maximum atomic E-state index is 12.1. The van der Waals surface area contributed by atoms with Crippen molar-refractivity contribution in [2.45, 2.75) is 26.0 Å². The van der Waals surface area contributed by atoms with Gasteiger partial charge < -0.3 is 9.47 Å². The Morgan fingerprint density at radius 2 is 1.85 bits per heavy atom. The molecule has 1 aliphatic rings. The fourth-order valence-electron chi connectivity index (χ4n) is 2.95. The second kappa shape index (κ2) is 7.06. The number of carbonyl (C=O) groups excluding carboxylic acids is 1. The Morgan fingerprint density at radius 1 is 1.22 bits per heavy atom. The number of carbonyl (C=O) groups is 1. The summed E-state index contributed by atoms with van der Waals surface area (Å²) in [5, 5.41) is 16.4. The van der Waals surface area contributed by atoms with E-state index in [1.807, 2.05) is 24.3 Å². The van der Waals surface area contributed by atoms with Gasteiger partial charge in [0.15, 0.2) is 0 Å². The van der Waals surface area contributed by atoms with Crippen LogP contribution in [0.15, 0.2) is 53.6 Å². The smallest absolute Gasteiger partial charge is 0.269 e. The summed E-state index contributed by atoms with van der Waals surface area (Å²) in [6.45, 7) is 3.19. The minimum absolute atomic E-state index is 0.0261. The van der Waals surface area contributed by atoms with Crippen molar-refractivity contribution in [3.05, 3.63) is 69.8 Å². The number of rotatable bonds is 5. The number of nitrogens with zero attached hydrogens (tertiary/aromatic N) is 3. The number of hydrazone groups is 1. The van der Waals surface area contributed by atoms with Crippen LogP contribution >= 0.6 is 0 Å². The van der Waals surface area contributed by atoms with Crippen LogP contribution in [-0.4, -0.2) is 34.6 Å². The van der Waals surface area contributed by atoms with Crippen LogP contribution in [0.4, 0.5) is 5.69 Å². The number of non-ortho nitro benzene ring substituents is 1. The van der Waals surface area contributed by atoms with E-state index < -0.39 is 10.6 Å². The SMILES string of the molecule is COc1ccc(C[C@@]2(C)OC(c3ccc([N+](=O)[O-])cc3)=NN2C(C)=O)cc1. The molecule has 0 saturated carbocycles. The van der Waals surface area contributed by atoms with Crippen LogP contribution in [-0.2, 0) is 16.0 Å². The first-order chi connectivity index (χ1) is 12.8. The van der Waals surface area contributed by atoms with Gasteiger partial charge in [0.05, 0.1) is 12.0 Å². The topological polar surface area (TPSA) is 94.3 Å². The monoisotopic (exact) mass is 369 g/mol. The Kier molecular flexibility index (Phi) is 4.81. The Bertz CT molecular complexity index is 893. The third kappa shape index (κ3) is 3.74. The van der Waals surface area contributed by atoms with E-state index in [0.29, 0.717) is 12.0 Å². The van der Waals surface area contributed by atoms with Crippen molar-refractivity contribution in [1.29, 1.82) is 0 Å². The largest absolute Gasteiger partial charge is 0.497 e. The average Bonchev–Trinajstić information content (AvgIpc) is 3.00. The maximum absolute atomic E-state index is 12.1. The molecule has 0 fully saturated rings. The summed E-state index contributed by atoms with van der Waals surface area (Å²) in [6.07, 6.45) is 0.413. The van der Waals surface area contributed by atoms with Gasteiger partial charge in [0, 0.05) is 31.0 Å². The molecular weight excluding hydrogens is 350 g/mol. The Balaban J connectivity index is 1.86. The molecule has 8 nitrogen and oxygen atoms in total. The van der Waals surface area contributed by atoms with E-state index >= 15 is 0 Å². The van der Waals surface area contributed by atoms with Crippen molar-refractivity contribution in [2.75, 3.05) is 7.11 Å². The minimum atomic E-state index is -1.00. The molecule has 3 rings (SSSR count). The molecule has 1 heterocycles. The molecular formula is C19H19N3O5. The van der Waals surface area contributed by atoms with E-state index in [9.17, 15) is 14.9 Å². The van der Waals surface area contributed by atoms with Gasteiger partial charge in [-0.05, 0) is 36.8 Å². The summed E-state index contributed by atoms with van der Waals surface area (Å²) in [7, 11) is 1.60. The number of amides is 1. The molecule has 0 aliphatic carbocycles. The molecule has 8 heteroatoms. The van der Waals surface area contributed by atoms with Gasteiger partial charge >= 0.3 is 0 Å². The Morgan fingerprint density at radius 3 is 2.37 bits per heavy atom. The number of hydrogen-bond acceptors (Lipinski definition) is 6. The van der Waals surface area contributed by atoms with Crippen LogP contribution in [0.5, 0.6) is 5.75 Å². The molecule has 0 bridgehead atoms. The van der Waals surface area contributed by atoms with E-state index in [0.717, 1.165) is 11.3 Å². The van der Waals surface area contributed by atoms with Crippen molar-refractivity contribution in [3.8, 4) is 5.75 Å². The third-order valence-electron chi connectivity index (χ3n) is 4.27. The summed E-state index contributed by atoms with van der Waals surface area (Å²) in [5.41, 5.74) is 0.481. The summed E-state index contributed by atoms with van der Waals surface area (Å²) < 4.78 is 11.2. The lowest BCUT2D eigenvalue weighted by Crippen LogP contribution is -2.45. The fourth-order valence-corrected chi connectivity index (χ4v) is 2.95. The molecule has 1 aliphatic heterocycles. The molecule has 0 unspecified atom stereocenters. The molecule has 0 spiro atoms. The Hall–Kier alpha value is -3.42. The lowest BCUT2D eigenvalue weighted by atomic mass is 10.0. The fraction of sp³-hybridized carbons (Fsp3) is 0.263. The van der Waals surface area contributed by atoms with Gasteiger partial charge in [-0.1, -0.05) is 12.1 Å². The first-order valence-corrected chi connectivity index (χ1v) is 8.28. The second-order valence-electron chi connectivity index (χ2n) is 6.34. The van der Waals surface area contributed by atoms with Gasteiger partial charge in [-0.3, -0.25) is 14.9 Å². The van der Waals surface area contributed by atoms with Crippen molar-refractivity contribution < 1.29 is 19.2 Å². The van der Waals surface area contributed by atoms with Gasteiger partial charge in [-0.15, -0.1) is 5.10 Å². The standard InChI is InChI=1S/C19H19N3O5/c1-13(23)21-19(2,12-14-4-10-17(26-3)11-5-14)27-18(20-21)15-6-8-16(9-7-15)22(24)25/h4-11H,12H2,1-3H3/t19-/m1/s1. The normalized spacial score (nSPS) is 18.6. The number of nitro benzene ring substituents is 1. The summed E-state index contributed by atoms with van der Waals surface area (Å²) in [5.74, 6) is 0.724. The highest BCUT2D eigenvalue weighted by molar-refractivity contribution is 5.96. The van der Waals surface area contributed by atoms with Crippen LogP contribution in [0.3, 0.4) is 0 Å². The van der Waals surface area contributed by atoms with Crippen LogP contribution in [0.25, 0.3) is 0 Å². The van der Waals surface area contributed by atoms with Gasteiger partial charge in [-0.25, -0.2) is 0 Å². The molecule has 140 valence electrons. The van der Waals surface area contributed by atoms with Crippen molar-refractivity contribution in [3.63, 3.8) is 0 Å². The highest BCUT2D eigenvalue weighted by Gasteiger charge is 2.43. The zero-order valence-corrected chi connectivity index (χ0v) is 15.2. The maximum Gasteiger partial charge on any atom is 0.269 e. The number of methoxy groups -OCH3 is 1. The second-order valence-corrected chi connectivity index (χ2v) is 6.34. The van der Waals surface area contributed by atoms with E-state index in [1.165, 1.54) is 24.1 Å². The highest BCUT2D eigenvalue weighted by atomic mass is 16.6. The number of ether oxygens (including phenoxy) is 2. The number of benzene rings is 2.